The van der Waals surface area contributed by atoms with Gasteiger partial charge in [-0.2, -0.15) is 0 Å². The summed E-state index contributed by atoms with van der Waals surface area (Å²) < 4.78 is 22.2. The highest BCUT2D eigenvalue weighted by molar-refractivity contribution is 5.80. The number of nitrogens with one attached hydrogen (secondary N) is 2. The minimum atomic E-state index is -1.06. The van der Waals surface area contributed by atoms with Crippen molar-refractivity contribution in [2.24, 2.45) is 0 Å². The van der Waals surface area contributed by atoms with E-state index in [0.717, 1.165) is 22.3 Å². The number of benzene rings is 2. The highest BCUT2D eigenvalue weighted by Crippen LogP contribution is 2.15. The first-order chi connectivity index (χ1) is 28.2. The van der Waals surface area contributed by atoms with Crippen LogP contribution in [0.1, 0.15) is 48.5 Å². The van der Waals surface area contributed by atoms with Gasteiger partial charge in [0.1, 0.15) is 0 Å². The first-order valence-corrected chi connectivity index (χ1v) is 18.8. The lowest BCUT2D eigenvalue weighted by molar-refractivity contribution is -0.141. The van der Waals surface area contributed by atoms with Crippen LogP contribution in [0, 0.1) is 13.8 Å². The van der Waals surface area contributed by atoms with Crippen LogP contribution in [0.3, 0.4) is 0 Å². The Hall–Kier alpha value is -5.96. The van der Waals surface area contributed by atoms with Gasteiger partial charge in [-0.1, -0.05) is 48.5 Å². The van der Waals surface area contributed by atoms with Gasteiger partial charge in [0.05, 0.1) is 59.3 Å². The predicted octanol–water partition coefficient (Wildman–Crippen LogP) is 1.27. The maximum Gasteiger partial charge on any atom is 0.303 e. The Morgan fingerprint density at radius 2 is 0.897 bits per heavy atom. The van der Waals surface area contributed by atoms with Crippen LogP contribution >= 0.6 is 0 Å². The maximum absolute atomic E-state index is 12.6. The van der Waals surface area contributed by atoms with Crippen LogP contribution in [0.5, 0.6) is 0 Å². The SMILES string of the molecule is Cc1nnc(-c2ccc(CNC(=O)CCOCCOCCN(CCOCCOCCC(=O)NCc3ccc(-c4nnc(C)nn4)cc3)C(=O)CCC(=O)O)cc2)nn1. The van der Waals surface area contributed by atoms with Gasteiger partial charge in [-0.25, -0.2) is 0 Å². The van der Waals surface area contributed by atoms with Crippen molar-refractivity contribution in [1.82, 2.24) is 56.3 Å². The van der Waals surface area contributed by atoms with Crippen LogP contribution in [0.2, 0.25) is 0 Å². The first kappa shape index (κ1) is 44.8. The molecular formula is C38H49N11O9. The van der Waals surface area contributed by atoms with Gasteiger partial charge in [-0.05, 0) is 25.0 Å². The fraction of sp³-hybridized carbons (Fsp3) is 0.474. The number of carboxylic acids is 1. The Bertz CT molecular complexity index is 1730. The summed E-state index contributed by atoms with van der Waals surface area (Å²) in [6, 6.07) is 14.8. The topological polar surface area (TPSA) is 256 Å². The van der Waals surface area contributed by atoms with E-state index in [2.05, 4.69) is 51.4 Å². The molecule has 4 rings (SSSR count). The standard InChI is InChI=1S/C38H49N11O9/c1-27-41-45-37(46-42-27)31-7-3-29(4-8-31)25-39-33(50)13-17-55-21-23-57-19-15-49(35(52)11-12-36(53)54)16-20-58-24-22-56-18-14-34(51)40-26-30-5-9-32(10-6-30)38-47-43-28(2)44-48-38/h3-10H,11-26H2,1-2H3,(H,39,50)(H,40,51)(H,53,54). The number of carboxylic acid groups (broad SMARTS) is 1. The van der Waals surface area contributed by atoms with Gasteiger partial charge in [0.15, 0.2) is 11.6 Å². The summed E-state index contributed by atoms with van der Waals surface area (Å²) in [6.45, 7) is 6.47. The molecule has 0 unspecified atom stereocenters. The van der Waals surface area contributed by atoms with Crippen molar-refractivity contribution in [2.75, 3.05) is 65.9 Å². The van der Waals surface area contributed by atoms with Crippen molar-refractivity contribution in [2.45, 2.75) is 52.6 Å². The number of carbonyl (C=O) groups is 4. The molecule has 0 bridgehead atoms. The molecule has 0 atom stereocenters. The number of aliphatic carboxylic acids is 1. The molecule has 58 heavy (non-hydrogen) atoms. The predicted molar refractivity (Wildman–Crippen MR) is 205 cm³/mol. The van der Waals surface area contributed by atoms with E-state index in [1.54, 1.807) is 13.8 Å². The van der Waals surface area contributed by atoms with Crippen LogP contribution in [0.4, 0.5) is 0 Å². The molecule has 0 saturated carbocycles. The molecule has 0 spiro atoms. The summed E-state index contributed by atoms with van der Waals surface area (Å²) in [5.41, 5.74) is 3.37. The zero-order chi connectivity index (χ0) is 41.4. The quantitative estimate of drug-likeness (QED) is 0.0717. The molecule has 20 heteroatoms. The number of ether oxygens (including phenoxy) is 4. The Morgan fingerprint density at radius 3 is 1.28 bits per heavy atom. The molecule has 2 heterocycles. The van der Waals surface area contributed by atoms with Crippen molar-refractivity contribution in [3.63, 3.8) is 0 Å². The third-order valence-corrected chi connectivity index (χ3v) is 8.17. The number of nitrogens with zero attached hydrogens (tertiary/aromatic N) is 9. The van der Waals surface area contributed by atoms with E-state index in [4.69, 9.17) is 24.1 Å². The highest BCUT2D eigenvalue weighted by atomic mass is 16.5. The number of hydrogen-bond acceptors (Lipinski definition) is 16. The van der Waals surface area contributed by atoms with Crippen molar-refractivity contribution in [3.8, 4) is 22.8 Å². The molecule has 20 nitrogen and oxygen atoms in total. The van der Waals surface area contributed by atoms with E-state index in [9.17, 15) is 19.2 Å². The molecule has 0 radical (unpaired) electrons. The molecule has 2 aromatic carbocycles. The van der Waals surface area contributed by atoms with Gasteiger partial charge >= 0.3 is 5.97 Å². The van der Waals surface area contributed by atoms with Crippen molar-refractivity contribution in [1.29, 1.82) is 0 Å². The fourth-order valence-electron chi connectivity index (χ4n) is 4.97. The second-order valence-corrected chi connectivity index (χ2v) is 12.7. The van der Waals surface area contributed by atoms with E-state index < -0.39 is 5.97 Å². The third kappa shape index (κ3) is 17.5. The molecule has 0 aliphatic carbocycles. The van der Waals surface area contributed by atoms with Gasteiger partial charge in [0.2, 0.25) is 29.4 Å². The van der Waals surface area contributed by atoms with E-state index in [-0.39, 0.29) is 109 Å². The van der Waals surface area contributed by atoms with E-state index in [1.807, 2.05) is 48.5 Å². The van der Waals surface area contributed by atoms with Gasteiger partial charge in [-0.3, -0.25) is 19.2 Å². The average Bonchev–Trinajstić information content (AvgIpc) is 3.23. The monoisotopic (exact) mass is 803 g/mol. The van der Waals surface area contributed by atoms with Gasteiger partial charge in [0.25, 0.3) is 0 Å². The summed E-state index contributed by atoms with van der Waals surface area (Å²) >= 11 is 0. The third-order valence-electron chi connectivity index (χ3n) is 8.17. The van der Waals surface area contributed by atoms with Crippen LogP contribution < -0.4 is 10.6 Å². The molecule has 3 amide bonds. The largest absolute Gasteiger partial charge is 0.481 e. The van der Waals surface area contributed by atoms with Crippen molar-refractivity contribution in [3.05, 3.63) is 71.3 Å². The second-order valence-electron chi connectivity index (χ2n) is 12.7. The van der Waals surface area contributed by atoms with Crippen LogP contribution in [-0.2, 0) is 51.2 Å². The molecule has 3 N–H and O–H groups in total. The lowest BCUT2D eigenvalue weighted by Gasteiger charge is -2.22. The number of carbonyl (C=O) groups excluding carboxylic acids is 3. The Balaban J connectivity index is 0.999. The minimum absolute atomic E-state index is 0.141. The van der Waals surface area contributed by atoms with Gasteiger partial charge in [-0.15, -0.1) is 40.8 Å². The zero-order valence-corrected chi connectivity index (χ0v) is 32.7. The maximum atomic E-state index is 12.6. The number of amides is 3. The summed E-state index contributed by atoms with van der Waals surface area (Å²) in [5, 5.41) is 46.4. The fourth-order valence-corrected chi connectivity index (χ4v) is 4.97. The van der Waals surface area contributed by atoms with E-state index in [0.29, 0.717) is 36.4 Å². The summed E-state index contributed by atoms with van der Waals surface area (Å²) in [4.78, 5) is 49.6. The van der Waals surface area contributed by atoms with Crippen LogP contribution in [0.15, 0.2) is 48.5 Å². The number of hydrogen-bond donors (Lipinski definition) is 3. The Labute approximate surface area is 335 Å². The Morgan fingerprint density at radius 1 is 0.517 bits per heavy atom. The van der Waals surface area contributed by atoms with Crippen molar-refractivity contribution >= 4 is 23.7 Å². The molecule has 310 valence electrons. The zero-order valence-electron chi connectivity index (χ0n) is 32.7. The number of aromatic nitrogens is 8. The Kier molecular flexibility index (Phi) is 19.5. The number of rotatable bonds is 27. The molecule has 0 aliphatic heterocycles. The molecule has 0 aliphatic rings. The van der Waals surface area contributed by atoms with Crippen LogP contribution in [0.25, 0.3) is 22.8 Å². The van der Waals surface area contributed by atoms with E-state index >= 15 is 0 Å². The van der Waals surface area contributed by atoms with Gasteiger partial charge < -0.3 is 39.6 Å². The summed E-state index contributed by atoms with van der Waals surface area (Å²) in [6.07, 6.45) is -0.0636. The smallest absolute Gasteiger partial charge is 0.303 e. The second kappa shape index (κ2) is 25.3. The summed E-state index contributed by atoms with van der Waals surface area (Å²) in [5.74, 6) is 0.130. The molecule has 0 fully saturated rings. The number of aryl methyl sites for hydroxylation is 2. The molecule has 2 aromatic heterocycles. The molecule has 4 aromatic rings. The summed E-state index contributed by atoms with van der Waals surface area (Å²) in [7, 11) is 0. The lowest BCUT2D eigenvalue weighted by atomic mass is 10.1. The first-order valence-electron chi connectivity index (χ1n) is 18.8. The molecular weight excluding hydrogens is 754 g/mol. The normalized spacial score (nSPS) is 10.9. The van der Waals surface area contributed by atoms with E-state index in [1.165, 1.54) is 4.90 Å². The molecule has 0 saturated heterocycles. The van der Waals surface area contributed by atoms with Crippen molar-refractivity contribution < 1.29 is 43.2 Å². The minimum Gasteiger partial charge on any atom is -0.481 e. The average molecular weight is 804 g/mol. The van der Waals surface area contributed by atoms with Gasteiger partial charge in [0, 0.05) is 56.6 Å². The lowest BCUT2D eigenvalue weighted by Crippen LogP contribution is -2.37. The van der Waals surface area contributed by atoms with Crippen LogP contribution in [-0.4, -0.2) is 140 Å². The highest BCUT2D eigenvalue weighted by Gasteiger charge is 2.15.